The van der Waals surface area contributed by atoms with E-state index in [2.05, 4.69) is 26.1 Å². The van der Waals surface area contributed by atoms with Gasteiger partial charge in [0.05, 0.1) is 18.6 Å². The molecule has 0 aliphatic carbocycles. The van der Waals surface area contributed by atoms with Crippen LogP contribution in [0.25, 0.3) is 0 Å². The Kier molecular flexibility index (Phi) is 3.50. The van der Waals surface area contributed by atoms with E-state index in [9.17, 15) is 9.90 Å². The van der Waals surface area contributed by atoms with E-state index < -0.39 is 0 Å². The van der Waals surface area contributed by atoms with Gasteiger partial charge in [-0.2, -0.15) is 0 Å². The molecular formula is C14H17BrN2O2. The Labute approximate surface area is 120 Å². The van der Waals surface area contributed by atoms with E-state index in [1.807, 2.05) is 18.2 Å². The standard InChI is InChI=1S/C14H17BrN2O2/c15-10-4-3-9(8-18)12(6-10)17-5-1-2-11-13(17)7-16-14(11)19/h3-4,6,11,13,18H,1-2,5,7-8H2,(H,16,19). The van der Waals surface area contributed by atoms with Crippen LogP contribution in [0, 0.1) is 5.92 Å². The van der Waals surface area contributed by atoms with Crippen molar-refractivity contribution in [1.82, 2.24) is 5.32 Å². The lowest BCUT2D eigenvalue weighted by molar-refractivity contribution is -0.122. The first-order valence-corrected chi connectivity index (χ1v) is 7.43. The first-order valence-electron chi connectivity index (χ1n) is 6.64. The molecule has 102 valence electrons. The number of hydrogen-bond acceptors (Lipinski definition) is 3. The number of nitrogens with zero attached hydrogens (tertiary/aromatic N) is 1. The molecule has 2 N–H and O–H groups in total. The Bertz CT molecular complexity index is 506. The molecule has 2 heterocycles. The Morgan fingerprint density at radius 1 is 1.47 bits per heavy atom. The van der Waals surface area contributed by atoms with Crippen molar-refractivity contribution in [3.8, 4) is 0 Å². The molecule has 2 atom stereocenters. The predicted molar refractivity (Wildman–Crippen MR) is 76.9 cm³/mol. The number of halogens is 1. The van der Waals surface area contributed by atoms with Crippen LogP contribution in [0.2, 0.25) is 0 Å². The van der Waals surface area contributed by atoms with E-state index >= 15 is 0 Å². The van der Waals surface area contributed by atoms with Gasteiger partial charge in [-0.1, -0.05) is 22.0 Å². The minimum absolute atomic E-state index is 0.0257. The summed E-state index contributed by atoms with van der Waals surface area (Å²) in [6, 6.07) is 6.14. The van der Waals surface area contributed by atoms with Crippen molar-refractivity contribution in [2.75, 3.05) is 18.0 Å². The molecule has 0 radical (unpaired) electrons. The Balaban J connectivity index is 1.97. The zero-order valence-corrected chi connectivity index (χ0v) is 12.2. The molecule has 0 aromatic heterocycles. The van der Waals surface area contributed by atoms with E-state index in [0.717, 1.165) is 35.1 Å². The lowest BCUT2D eigenvalue weighted by Gasteiger charge is -2.38. The Morgan fingerprint density at radius 3 is 3.11 bits per heavy atom. The summed E-state index contributed by atoms with van der Waals surface area (Å²) in [4.78, 5) is 14.1. The molecular weight excluding hydrogens is 308 g/mol. The number of piperidine rings is 1. The van der Waals surface area contributed by atoms with Gasteiger partial charge in [-0.05, 0) is 25.0 Å². The molecule has 0 spiro atoms. The van der Waals surface area contributed by atoms with Crippen LogP contribution in [0.3, 0.4) is 0 Å². The average molecular weight is 325 g/mol. The third-order valence-electron chi connectivity index (χ3n) is 4.13. The minimum atomic E-state index is 0.0257. The van der Waals surface area contributed by atoms with E-state index in [4.69, 9.17) is 0 Å². The molecule has 4 nitrogen and oxygen atoms in total. The maximum Gasteiger partial charge on any atom is 0.225 e. The van der Waals surface area contributed by atoms with Crippen molar-refractivity contribution in [2.24, 2.45) is 5.92 Å². The second-order valence-corrected chi connectivity index (χ2v) is 6.10. The second kappa shape index (κ2) is 5.13. The fourth-order valence-corrected chi connectivity index (χ4v) is 3.54. The van der Waals surface area contributed by atoms with Gasteiger partial charge in [0, 0.05) is 28.8 Å². The van der Waals surface area contributed by atoms with Gasteiger partial charge < -0.3 is 15.3 Å². The van der Waals surface area contributed by atoms with Crippen molar-refractivity contribution in [2.45, 2.75) is 25.5 Å². The minimum Gasteiger partial charge on any atom is -0.392 e. The summed E-state index contributed by atoms with van der Waals surface area (Å²) in [5.41, 5.74) is 1.96. The van der Waals surface area contributed by atoms with Crippen LogP contribution in [0.4, 0.5) is 5.69 Å². The van der Waals surface area contributed by atoms with Crippen LogP contribution >= 0.6 is 15.9 Å². The SMILES string of the molecule is O=C1NCC2C1CCCN2c1cc(Br)ccc1CO. The van der Waals surface area contributed by atoms with E-state index in [1.165, 1.54) is 0 Å². The molecule has 2 saturated heterocycles. The van der Waals surface area contributed by atoms with Crippen molar-refractivity contribution < 1.29 is 9.90 Å². The summed E-state index contributed by atoms with van der Waals surface area (Å²) in [5, 5.41) is 12.5. The van der Waals surface area contributed by atoms with Gasteiger partial charge in [0.2, 0.25) is 5.91 Å². The van der Waals surface area contributed by atoms with Crippen LogP contribution < -0.4 is 10.2 Å². The van der Waals surface area contributed by atoms with Crippen molar-refractivity contribution in [3.63, 3.8) is 0 Å². The summed E-state index contributed by atoms with van der Waals surface area (Å²) in [5.74, 6) is 0.273. The zero-order valence-electron chi connectivity index (χ0n) is 10.6. The molecule has 2 unspecified atom stereocenters. The van der Waals surface area contributed by atoms with E-state index in [-0.39, 0.29) is 24.5 Å². The number of carbonyl (C=O) groups is 1. The number of anilines is 1. The number of hydrogen-bond donors (Lipinski definition) is 2. The number of amides is 1. The number of benzene rings is 1. The van der Waals surface area contributed by atoms with Gasteiger partial charge in [-0.3, -0.25) is 4.79 Å². The zero-order chi connectivity index (χ0) is 13.4. The summed E-state index contributed by atoms with van der Waals surface area (Å²) in [6.07, 6.45) is 1.99. The number of rotatable bonds is 2. The Hall–Kier alpha value is -1.07. The summed E-state index contributed by atoms with van der Waals surface area (Å²) < 4.78 is 0.999. The molecule has 3 rings (SSSR count). The number of aliphatic hydroxyl groups excluding tert-OH is 1. The van der Waals surface area contributed by atoms with Crippen LogP contribution in [0.15, 0.2) is 22.7 Å². The largest absolute Gasteiger partial charge is 0.392 e. The highest BCUT2D eigenvalue weighted by Gasteiger charge is 2.41. The average Bonchev–Trinajstić information content (AvgIpc) is 2.81. The summed E-state index contributed by atoms with van der Waals surface area (Å²) in [6.45, 7) is 1.68. The fraction of sp³-hybridized carbons (Fsp3) is 0.500. The van der Waals surface area contributed by atoms with Gasteiger partial charge in [0.15, 0.2) is 0 Å². The lowest BCUT2D eigenvalue weighted by atomic mass is 9.90. The quantitative estimate of drug-likeness (QED) is 0.869. The maximum atomic E-state index is 11.8. The van der Waals surface area contributed by atoms with Crippen molar-refractivity contribution >= 4 is 27.5 Å². The highest BCUT2D eigenvalue weighted by molar-refractivity contribution is 9.10. The molecule has 2 aliphatic heterocycles. The van der Waals surface area contributed by atoms with Crippen molar-refractivity contribution in [1.29, 1.82) is 0 Å². The number of carbonyl (C=O) groups excluding carboxylic acids is 1. The topological polar surface area (TPSA) is 52.6 Å². The summed E-state index contributed by atoms with van der Waals surface area (Å²) >= 11 is 3.49. The van der Waals surface area contributed by atoms with Gasteiger partial charge in [0.1, 0.15) is 0 Å². The molecule has 1 aromatic rings. The fourth-order valence-electron chi connectivity index (χ4n) is 3.19. The highest BCUT2D eigenvalue weighted by atomic mass is 79.9. The molecule has 0 saturated carbocycles. The predicted octanol–water partition coefficient (Wildman–Crippen LogP) is 1.66. The molecule has 1 aromatic carbocycles. The van der Waals surface area contributed by atoms with Crippen molar-refractivity contribution in [3.05, 3.63) is 28.2 Å². The second-order valence-electron chi connectivity index (χ2n) is 5.19. The molecule has 1 amide bonds. The number of aliphatic hydroxyl groups is 1. The first kappa shape index (κ1) is 12.9. The van der Waals surface area contributed by atoms with Gasteiger partial charge in [-0.25, -0.2) is 0 Å². The first-order chi connectivity index (χ1) is 9.20. The number of fused-ring (bicyclic) bond motifs is 1. The normalized spacial score (nSPS) is 26.2. The lowest BCUT2D eigenvalue weighted by Crippen LogP contribution is -2.46. The Morgan fingerprint density at radius 2 is 2.32 bits per heavy atom. The van der Waals surface area contributed by atoms with Crippen LogP contribution in [-0.2, 0) is 11.4 Å². The highest BCUT2D eigenvalue weighted by Crippen LogP contribution is 2.34. The monoisotopic (exact) mass is 324 g/mol. The van der Waals surface area contributed by atoms with E-state index in [0.29, 0.717) is 6.54 Å². The van der Waals surface area contributed by atoms with Crippen LogP contribution in [0.1, 0.15) is 18.4 Å². The van der Waals surface area contributed by atoms with E-state index in [1.54, 1.807) is 0 Å². The maximum absolute atomic E-state index is 11.8. The van der Waals surface area contributed by atoms with Crippen LogP contribution in [-0.4, -0.2) is 30.1 Å². The van der Waals surface area contributed by atoms with Gasteiger partial charge in [0.25, 0.3) is 0 Å². The molecule has 0 bridgehead atoms. The number of nitrogens with one attached hydrogen (secondary N) is 1. The third kappa shape index (κ3) is 2.25. The molecule has 2 fully saturated rings. The molecule has 5 heteroatoms. The smallest absolute Gasteiger partial charge is 0.225 e. The van der Waals surface area contributed by atoms with Crippen LogP contribution in [0.5, 0.6) is 0 Å². The molecule has 2 aliphatic rings. The molecule has 19 heavy (non-hydrogen) atoms. The van der Waals surface area contributed by atoms with Gasteiger partial charge >= 0.3 is 0 Å². The third-order valence-corrected chi connectivity index (χ3v) is 4.62. The summed E-state index contributed by atoms with van der Waals surface area (Å²) in [7, 11) is 0. The van der Waals surface area contributed by atoms with Gasteiger partial charge in [-0.15, -0.1) is 0 Å².